The zero-order chi connectivity index (χ0) is 16.4. The van der Waals surface area contributed by atoms with Gasteiger partial charge in [-0.05, 0) is 55.0 Å². The van der Waals surface area contributed by atoms with Crippen molar-refractivity contribution in [3.63, 3.8) is 0 Å². The topological polar surface area (TPSA) is 62.1 Å². The molecule has 1 aromatic heterocycles. The van der Waals surface area contributed by atoms with E-state index in [1.165, 1.54) is 4.88 Å². The summed E-state index contributed by atoms with van der Waals surface area (Å²) in [5, 5.41) is 13.1. The third-order valence-corrected chi connectivity index (χ3v) is 5.41. The van der Waals surface area contributed by atoms with E-state index < -0.39 is 0 Å². The predicted molar refractivity (Wildman–Crippen MR) is 91.2 cm³/mol. The Morgan fingerprint density at radius 2 is 2.13 bits per heavy atom. The number of amides is 1. The Balaban J connectivity index is 1.85. The van der Waals surface area contributed by atoms with Crippen LogP contribution in [0.15, 0.2) is 24.3 Å². The van der Waals surface area contributed by atoms with Gasteiger partial charge in [0.1, 0.15) is 16.8 Å². The van der Waals surface area contributed by atoms with Crippen molar-refractivity contribution < 1.29 is 9.53 Å². The molecule has 4 nitrogen and oxygen atoms in total. The minimum absolute atomic E-state index is 0.198. The maximum atomic E-state index is 12.4. The Labute approximate surface area is 139 Å². The molecule has 3 rings (SSSR count). The Hall–Kier alpha value is -2.32. The molecule has 0 fully saturated rings. The fraction of sp³-hybridized carbons (Fsp3) is 0.333. The first-order valence-electron chi connectivity index (χ1n) is 7.62. The van der Waals surface area contributed by atoms with E-state index in [1.54, 1.807) is 42.7 Å². The number of carbonyl (C=O) groups excluding carboxylic acids is 1. The summed E-state index contributed by atoms with van der Waals surface area (Å²) >= 11 is 1.54. The second kappa shape index (κ2) is 6.43. The lowest BCUT2D eigenvalue weighted by Crippen LogP contribution is -2.12. The van der Waals surface area contributed by atoms with Gasteiger partial charge in [0.15, 0.2) is 0 Å². The van der Waals surface area contributed by atoms with E-state index in [-0.39, 0.29) is 5.91 Å². The molecule has 0 unspecified atom stereocenters. The Morgan fingerprint density at radius 3 is 2.78 bits per heavy atom. The maximum Gasteiger partial charge on any atom is 0.256 e. The van der Waals surface area contributed by atoms with Crippen LogP contribution in [0.4, 0.5) is 5.00 Å². The highest BCUT2D eigenvalue weighted by molar-refractivity contribution is 7.16. The summed E-state index contributed by atoms with van der Waals surface area (Å²) in [4.78, 5) is 13.6. The van der Waals surface area contributed by atoms with Crippen LogP contribution in [0.25, 0.3) is 0 Å². The van der Waals surface area contributed by atoms with Gasteiger partial charge in [-0.2, -0.15) is 5.26 Å². The van der Waals surface area contributed by atoms with Crippen LogP contribution in [-0.4, -0.2) is 13.0 Å². The summed E-state index contributed by atoms with van der Waals surface area (Å²) in [5.41, 5.74) is 2.31. The molecule has 5 heteroatoms. The largest absolute Gasteiger partial charge is 0.497 e. The highest BCUT2D eigenvalue weighted by atomic mass is 32.1. The smallest absolute Gasteiger partial charge is 0.256 e. The minimum atomic E-state index is -0.198. The average Bonchev–Trinajstić information content (AvgIpc) is 2.91. The number of benzene rings is 1. The average molecular weight is 326 g/mol. The SMILES string of the molecule is COc1ccc(C(=O)Nc2sc3c(c2C#N)C[C@H](C)CC3)cc1. The number of rotatable bonds is 3. The van der Waals surface area contributed by atoms with Crippen LogP contribution < -0.4 is 10.1 Å². The number of fused-ring (bicyclic) bond motifs is 1. The van der Waals surface area contributed by atoms with Gasteiger partial charge in [-0.15, -0.1) is 11.3 Å². The molecule has 2 aromatic rings. The van der Waals surface area contributed by atoms with Crippen LogP contribution in [0.3, 0.4) is 0 Å². The molecule has 1 atom stereocenters. The van der Waals surface area contributed by atoms with Crippen LogP contribution in [0.5, 0.6) is 5.75 Å². The number of hydrogen-bond donors (Lipinski definition) is 1. The quantitative estimate of drug-likeness (QED) is 0.927. The molecule has 118 valence electrons. The molecule has 0 spiro atoms. The van der Waals surface area contributed by atoms with Gasteiger partial charge in [-0.3, -0.25) is 4.79 Å². The molecule has 0 saturated heterocycles. The van der Waals surface area contributed by atoms with Crippen molar-refractivity contribution in [2.75, 3.05) is 12.4 Å². The summed E-state index contributed by atoms with van der Waals surface area (Å²) in [6.45, 7) is 2.21. The maximum absolute atomic E-state index is 12.4. The number of carbonyl (C=O) groups is 1. The van der Waals surface area contributed by atoms with Crippen molar-refractivity contribution in [3.05, 3.63) is 45.8 Å². The second-order valence-corrected chi connectivity index (χ2v) is 6.96. The van der Waals surface area contributed by atoms with E-state index in [9.17, 15) is 10.1 Å². The van der Waals surface area contributed by atoms with Crippen molar-refractivity contribution >= 4 is 22.2 Å². The van der Waals surface area contributed by atoms with Crippen molar-refractivity contribution in [2.24, 2.45) is 5.92 Å². The molecule has 1 amide bonds. The molecule has 0 radical (unpaired) electrons. The number of nitriles is 1. The molecule has 0 bridgehead atoms. The summed E-state index contributed by atoms with van der Waals surface area (Å²) in [7, 11) is 1.59. The monoisotopic (exact) mass is 326 g/mol. The number of methoxy groups -OCH3 is 1. The Bertz CT molecular complexity index is 772. The van der Waals surface area contributed by atoms with Gasteiger partial charge in [0.2, 0.25) is 0 Å². The fourth-order valence-electron chi connectivity index (χ4n) is 2.88. The standard InChI is InChI=1S/C18H18N2O2S/c1-11-3-8-16-14(9-11)15(10-19)18(23-16)20-17(21)12-4-6-13(22-2)7-5-12/h4-7,11H,3,8-9H2,1-2H3,(H,20,21)/t11-/m1/s1. The van der Waals surface area contributed by atoms with Crippen molar-refractivity contribution in [1.82, 2.24) is 0 Å². The lowest BCUT2D eigenvalue weighted by molar-refractivity contribution is 0.102. The molecule has 1 N–H and O–H groups in total. The van der Waals surface area contributed by atoms with E-state index in [1.807, 2.05) is 0 Å². The van der Waals surface area contributed by atoms with Gasteiger partial charge < -0.3 is 10.1 Å². The van der Waals surface area contributed by atoms with E-state index in [0.717, 1.165) is 24.8 Å². The van der Waals surface area contributed by atoms with Gasteiger partial charge in [0.25, 0.3) is 5.91 Å². The second-order valence-electron chi connectivity index (χ2n) is 5.85. The molecule has 1 aliphatic rings. The van der Waals surface area contributed by atoms with Crippen LogP contribution >= 0.6 is 11.3 Å². The third kappa shape index (κ3) is 3.08. The predicted octanol–water partition coefficient (Wildman–Crippen LogP) is 4.01. The van der Waals surface area contributed by atoms with Crippen molar-refractivity contribution in [2.45, 2.75) is 26.2 Å². The molecule has 0 saturated carbocycles. The number of hydrogen-bond acceptors (Lipinski definition) is 4. The Morgan fingerprint density at radius 1 is 1.39 bits per heavy atom. The van der Waals surface area contributed by atoms with Gasteiger partial charge in [0.05, 0.1) is 12.7 Å². The van der Waals surface area contributed by atoms with E-state index >= 15 is 0 Å². The van der Waals surface area contributed by atoms with E-state index in [4.69, 9.17) is 4.74 Å². The third-order valence-electron chi connectivity index (χ3n) is 4.20. The van der Waals surface area contributed by atoms with Crippen LogP contribution in [-0.2, 0) is 12.8 Å². The van der Waals surface area contributed by atoms with Gasteiger partial charge in [-0.25, -0.2) is 0 Å². The summed E-state index contributed by atoms with van der Waals surface area (Å²) in [6, 6.07) is 9.21. The highest BCUT2D eigenvalue weighted by Gasteiger charge is 2.24. The number of ether oxygens (including phenoxy) is 1. The van der Waals surface area contributed by atoms with Crippen LogP contribution in [0.1, 0.15) is 39.7 Å². The van der Waals surface area contributed by atoms with Crippen LogP contribution in [0.2, 0.25) is 0 Å². The summed E-state index contributed by atoms with van der Waals surface area (Å²) in [5.74, 6) is 1.10. The van der Waals surface area contributed by atoms with Gasteiger partial charge >= 0.3 is 0 Å². The molecular weight excluding hydrogens is 308 g/mol. The van der Waals surface area contributed by atoms with Gasteiger partial charge in [-0.1, -0.05) is 6.92 Å². The van der Waals surface area contributed by atoms with E-state index in [2.05, 4.69) is 18.3 Å². The molecule has 0 aliphatic heterocycles. The summed E-state index contributed by atoms with van der Waals surface area (Å²) in [6.07, 6.45) is 3.06. The van der Waals surface area contributed by atoms with Gasteiger partial charge in [0, 0.05) is 10.4 Å². The Kier molecular flexibility index (Phi) is 4.35. The van der Waals surface area contributed by atoms with Crippen molar-refractivity contribution in [3.8, 4) is 11.8 Å². The minimum Gasteiger partial charge on any atom is -0.497 e. The first-order valence-corrected chi connectivity index (χ1v) is 8.44. The number of aryl methyl sites for hydroxylation is 1. The first kappa shape index (κ1) is 15.6. The molecule has 1 heterocycles. The molecule has 23 heavy (non-hydrogen) atoms. The number of anilines is 1. The number of nitrogens with one attached hydrogen (secondary N) is 1. The lowest BCUT2D eigenvalue weighted by atomic mass is 9.88. The number of thiophene rings is 1. The number of nitrogens with zero attached hydrogens (tertiary/aromatic N) is 1. The zero-order valence-corrected chi connectivity index (χ0v) is 14.0. The lowest BCUT2D eigenvalue weighted by Gasteiger charge is -2.17. The molecule has 1 aliphatic carbocycles. The normalized spacial score (nSPS) is 16.3. The molecular formula is C18H18N2O2S. The summed E-state index contributed by atoms with van der Waals surface area (Å²) < 4.78 is 5.10. The van der Waals surface area contributed by atoms with Crippen molar-refractivity contribution in [1.29, 1.82) is 5.26 Å². The fourth-order valence-corrected chi connectivity index (χ4v) is 4.07. The zero-order valence-electron chi connectivity index (χ0n) is 13.2. The van der Waals surface area contributed by atoms with Crippen LogP contribution in [0, 0.1) is 17.2 Å². The highest BCUT2D eigenvalue weighted by Crippen LogP contribution is 2.39. The van der Waals surface area contributed by atoms with E-state index in [0.29, 0.717) is 27.8 Å². The molecule has 1 aromatic carbocycles. The first-order chi connectivity index (χ1) is 11.1.